The highest BCUT2D eigenvalue weighted by molar-refractivity contribution is 6.31. The Bertz CT molecular complexity index is 1080. The van der Waals surface area contributed by atoms with Crippen molar-refractivity contribution >= 4 is 40.6 Å². The van der Waals surface area contributed by atoms with Crippen molar-refractivity contribution in [1.82, 2.24) is 24.7 Å². The lowest BCUT2D eigenvalue weighted by Crippen LogP contribution is -2.65. The number of hydrogen-bond acceptors (Lipinski definition) is 6. The average molecular weight is 505 g/mol. The van der Waals surface area contributed by atoms with Crippen LogP contribution in [0.25, 0.3) is 11.0 Å². The van der Waals surface area contributed by atoms with E-state index >= 15 is 0 Å². The molecule has 1 atom stereocenters. The van der Waals surface area contributed by atoms with E-state index in [0.717, 1.165) is 17.0 Å². The van der Waals surface area contributed by atoms with Crippen LogP contribution in [-0.2, 0) is 9.53 Å². The van der Waals surface area contributed by atoms with Gasteiger partial charge in [0.05, 0.1) is 11.0 Å². The third kappa shape index (κ3) is 5.83. The normalized spacial score (nSPS) is 20.4. The zero-order valence-electron chi connectivity index (χ0n) is 21.6. The summed E-state index contributed by atoms with van der Waals surface area (Å²) in [5.41, 5.74) is 1.04. The van der Waals surface area contributed by atoms with Crippen molar-refractivity contribution in [3.8, 4) is 0 Å². The Hall–Kier alpha value is -2.52. The molecule has 0 bridgehead atoms. The first-order valence-corrected chi connectivity index (χ1v) is 12.6. The van der Waals surface area contributed by atoms with Crippen LogP contribution < -0.4 is 4.90 Å². The first-order valence-electron chi connectivity index (χ1n) is 12.3. The van der Waals surface area contributed by atoms with Crippen LogP contribution in [0.3, 0.4) is 0 Å². The smallest absolute Gasteiger partial charge is 0.411 e. The zero-order valence-corrected chi connectivity index (χ0v) is 22.4. The van der Waals surface area contributed by atoms with E-state index in [1.54, 1.807) is 4.90 Å². The molecule has 3 heterocycles. The summed E-state index contributed by atoms with van der Waals surface area (Å²) in [6.07, 6.45) is -0.427. The number of aromatic nitrogens is 2. The van der Waals surface area contributed by atoms with Crippen molar-refractivity contribution in [2.45, 2.75) is 58.7 Å². The Kier molecular flexibility index (Phi) is 6.94. The van der Waals surface area contributed by atoms with Crippen molar-refractivity contribution < 1.29 is 14.3 Å². The summed E-state index contributed by atoms with van der Waals surface area (Å²) in [6, 6.07) is 5.01. The molecule has 1 aromatic heterocycles. The van der Waals surface area contributed by atoms with Crippen LogP contribution in [0.2, 0.25) is 5.02 Å². The summed E-state index contributed by atoms with van der Waals surface area (Å²) in [5, 5.41) is 0.662. The second kappa shape index (κ2) is 9.50. The highest BCUT2D eigenvalue weighted by atomic mass is 35.5. The fraction of sp³-hybridized carbons (Fsp3) is 0.640. The summed E-state index contributed by atoms with van der Waals surface area (Å²) >= 11 is 6.10. The molecule has 2 amide bonds. The number of amides is 2. The van der Waals surface area contributed by atoms with Gasteiger partial charge in [0, 0.05) is 56.4 Å². The second-order valence-electron chi connectivity index (χ2n) is 11.3. The Morgan fingerprint density at radius 3 is 2.34 bits per heavy atom. The van der Waals surface area contributed by atoms with Gasteiger partial charge >= 0.3 is 6.09 Å². The molecule has 2 saturated heterocycles. The van der Waals surface area contributed by atoms with Crippen LogP contribution in [0.5, 0.6) is 0 Å². The van der Waals surface area contributed by atoms with Crippen molar-refractivity contribution in [1.29, 1.82) is 0 Å². The molecule has 2 aliphatic heterocycles. The molecular formula is C25H37ClN6O3. The standard InChI is InChI=1S/C25H37ClN6O3/c1-24(2,3)31-13-14-32(23(34)35-25(4,5)6)20(16-31)21(33)29-9-11-30(12-10-29)22-27-18-8-7-17(26)15-19(18)28-22/h7-8,15,20H,9-14,16H2,1-6H3,(H,27,28)/t20-/m0/s1. The van der Waals surface area contributed by atoms with Gasteiger partial charge in [-0.1, -0.05) is 11.6 Å². The quantitative estimate of drug-likeness (QED) is 0.672. The van der Waals surface area contributed by atoms with E-state index in [4.69, 9.17) is 16.3 Å². The number of aromatic amines is 1. The lowest BCUT2D eigenvalue weighted by Gasteiger charge is -2.47. The number of piperazine rings is 2. The van der Waals surface area contributed by atoms with E-state index in [0.29, 0.717) is 50.8 Å². The SMILES string of the molecule is CC(C)(C)OC(=O)N1CCN(C(C)(C)C)C[C@H]1C(=O)N1CCN(c2nc3ccc(Cl)cc3[nH]2)CC1. The summed E-state index contributed by atoms with van der Waals surface area (Å²) in [5.74, 6) is 0.752. The molecule has 10 heteroatoms. The molecule has 0 unspecified atom stereocenters. The maximum Gasteiger partial charge on any atom is 0.411 e. The molecule has 2 aromatic rings. The Balaban J connectivity index is 1.46. The molecule has 192 valence electrons. The fourth-order valence-electron chi connectivity index (χ4n) is 4.61. The number of H-pyrrole nitrogens is 1. The molecule has 2 aliphatic rings. The van der Waals surface area contributed by atoms with Gasteiger partial charge in [-0.25, -0.2) is 9.78 Å². The summed E-state index contributed by atoms with van der Waals surface area (Å²) < 4.78 is 5.65. The van der Waals surface area contributed by atoms with Crippen molar-refractivity contribution in [3.63, 3.8) is 0 Å². The van der Waals surface area contributed by atoms with Gasteiger partial charge in [0.1, 0.15) is 11.6 Å². The van der Waals surface area contributed by atoms with Crippen LogP contribution in [0.1, 0.15) is 41.5 Å². The number of hydrogen-bond donors (Lipinski definition) is 1. The second-order valence-corrected chi connectivity index (χ2v) is 11.8. The molecule has 35 heavy (non-hydrogen) atoms. The van der Waals surface area contributed by atoms with E-state index < -0.39 is 17.7 Å². The molecule has 0 spiro atoms. The molecule has 0 radical (unpaired) electrons. The van der Waals surface area contributed by atoms with Gasteiger partial charge in [0.15, 0.2) is 0 Å². The van der Waals surface area contributed by atoms with Gasteiger partial charge in [-0.2, -0.15) is 0 Å². The molecule has 0 aliphatic carbocycles. The van der Waals surface area contributed by atoms with Crippen molar-refractivity contribution in [3.05, 3.63) is 23.2 Å². The number of carbonyl (C=O) groups excluding carboxylic acids is 2. The Morgan fingerprint density at radius 2 is 1.71 bits per heavy atom. The number of anilines is 1. The lowest BCUT2D eigenvalue weighted by atomic mass is 10.0. The topological polar surface area (TPSA) is 85.0 Å². The predicted octanol–water partition coefficient (Wildman–Crippen LogP) is 3.58. The van der Waals surface area contributed by atoms with Crippen LogP contribution >= 0.6 is 11.6 Å². The van der Waals surface area contributed by atoms with E-state index in [2.05, 4.69) is 40.5 Å². The van der Waals surface area contributed by atoms with Crippen LogP contribution in [-0.4, -0.2) is 99.7 Å². The van der Waals surface area contributed by atoms with Crippen LogP contribution in [0.4, 0.5) is 10.7 Å². The molecule has 9 nitrogen and oxygen atoms in total. The maximum atomic E-state index is 13.7. The van der Waals surface area contributed by atoms with E-state index in [-0.39, 0.29) is 11.4 Å². The zero-order chi connectivity index (χ0) is 25.5. The number of ether oxygens (including phenoxy) is 1. The third-order valence-electron chi connectivity index (χ3n) is 6.56. The monoisotopic (exact) mass is 504 g/mol. The lowest BCUT2D eigenvalue weighted by molar-refractivity contribution is -0.140. The fourth-order valence-corrected chi connectivity index (χ4v) is 4.78. The number of halogens is 1. The van der Waals surface area contributed by atoms with Gasteiger partial charge in [0.25, 0.3) is 0 Å². The van der Waals surface area contributed by atoms with Crippen molar-refractivity contribution in [2.24, 2.45) is 0 Å². The Labute approximate surface area is 212 Å². The first-order chi connectivity index (χ1) is 16.3. The number of carbonyl (C=O) groups is 2. The predicted molar refractivity (Wildman–Crippen MR) is 138 cm³/mol. The molecule has 1 N–H and O–H groups in total. The minimum absolute atomic E-state index is 0.0270. The highest BCUT2D eigenvalue weighted by Crippen LogP contribution is 2.25. The average Bonchev–Trinajstić information content (AvgIpc) is 3.19. The minimum Gasteiger partial charge on any atom is -0.444 e. The van der Waals surface area contributed by atoms with Gasteiger partial charge in [0.2, 0.25) is 11.9 Å². The summed E-state index contributed by atoms with van der Waals surface area (Å²) in [6.45, 7) is 16.0. The van der Waals surface area contributed by atoms with E-state index in [9.17, 15) is 9.59 Å². The number of benzene rings is 1. The molecule has 0 saturated carbocycles. The van der Waals surface area contributed by atoms with Crippen molar-refractivity contribution in [2.75, 3.05) is 50.7 Å². The number of rotatable bonds is 2. The summed E-state index contributed by atoms with van der Waals surface area (Å²) in [4.78, 5) is 42.6. The third-order valence-corrected chi connectivity index (χ3v) is 6.80. The van der Waals surface area contributed by atoms with Gasteiger partial charge in [-0.3, -0.25) is 14.6 Å². The maximum absolute atomic E-state index is 13.7. The molecule has 1 aromatic carbocycles. The van der Waals surface area contributed by atoms with Gasteiger partial charge in [-0.05, 0) is 59.7 Å². The number of fused-ring (bicyclic) bond motifs is 1. The van der Waals surface area contributed by atoms with Crippen LogP contribution in [0, 0.1) is 0 Å². The van der Waals surface area contributed by atoms with Gasteiger partial charge in [-0.15, -0.1) is 0 Å². The molecule has 2 fully saturated rings. The minimum atomic E-state index is -0.617. The molecule has 4 rings (SSSR count). The largest absolute Gasteiger partial charge is 0.444 e. The summed E-state index contributed by atoms with van der Waals surface area (Å²) in [7, 11) is 0. The highest BCUT2D eigenvalue weighted by Gasteiger charge is 2.42. The molecular weight excluding hydrogens is 468 g/mol. The Morgan fingerprint density at radius 1 is 1.03 bits per heavy atom. The van der Waals surface area contributed by atoms with Gasteiger partial charge < -0.3 is 19.5 Å². The number of nitrogens with zero attached hydrogens (tertiary/aromatic N) is 5. The van der Waals surface area contributed by atoms with Crippen LogP contribution in [0.15, 0.2) is 18.2 Å². The van der Waals surface area contributed by atoms with E-state index in [1.807, 2.05) is 43.9 Å². The first kappa shape index (κ1) is 25.6. The number of imidazole rings is 1. The number of nitrogens with one attached hydrogen (secondary N) is 1. The van der Waals surface area contributed by atoms with E-state index in [1.165, 1.54) is 0 Å².